The second-order valence-electron chi connectivity index (χ2n) is 9.67. The van der Waals surface area contributed by atoms with Gasteiger partial charge in [-0.2, -0.15) is 0 Å². The highest BCUT2D eigenvalue weighted by atomic mass is 35.5. The highest BCUT2D eigenvalue weighted by molar-refractivity contribution is 6.16. The van der Waals surface area contributed by atoms with Gasteiger partial charge in [-0.05, 0) is 72.1 Å². The smallest absolute Gasteiger partial charge is 0.328 e. The molecule has 0 fully saturated rings. The molecule has 1 heterocycles. The first-order valence-electron chi connectivity index (χ1n) is 10.5. The molecular weight excluding hydrogens is 418 g/mol. The Bertz CT molecular complexity index is 925. The summed E-state index contributed by atoms with van der Waals surface area (Å²) in [6.45, 7) is 12.0. The molecule has 0 aliphatic carbocycles. The fourth-order valence-electron chi connectivity index (χ4n) is 3.00. The molecule has 0 spiro atoms. The van der Waals surface area contributed by atoms with Crippen molar-refractivity contribution in [3.63, 3.8) is 0 Å². The summed E-state index contributed by atoms with van der Waals surface area (Å²) in [6.07, 6.45) is 1.55. The minimum atomic E-state index is -0.884. The van der Waals surface area contributed by atoms with E-state index in [0.29, 0.717) is 18.7 Å². The molecule has 0 bridgehead atoms. The van der Waals surface area contributed by atoms with Crippen molar-refractivity contribution in [2.75, 3.05) is 6.61 Å². The standard InChI is InChI=1S/C23H34ClN3O4/c1-22(2,3)21(29)30-12-8-7-11-27-17-10-9-15(13-16(17)26-18(27)14-24)19(25)20(28)31-23(4,5)6/h9-10,13,19H,7-8,11-12,14,25H2,1-6H3. The van der Waals surface area contributed by atoms with Crippen LogP contribution in [0.4, 0.5) is 0 Å². The van der Waals surface area contributed by atoms with Crippen LogP contribution in [0.25, 0.3) is 11.0 Å². The maximum absolute atomic E-state index is 12.3. The molecule has 172 valence electrons. The number of rotatable bonds is 8. The van der Waals surface area contributed by atoms with Gasteiger partial charge >= 0.3 is 11.9 Å². The van der Waals surface area contributed by atoms with Gasteiger partial charge < -0.3 is 19.8 Å². The van der Waals surface area contributed by atoms with E-state index in [9.17, 15) is 9.59 Å². The molecule has 0 radical (unpaired) electrons. The first-order valence-corrected chi connectivity index (χ1v) is 11.1. The fraction of sp³-hybridized carbons (Fsp3) is 0.609. The van der Waals surface area contributed by atoms with Crippen molar-refractivity contribution in [1.82, 2.24) is 9.55 Å². The summed E-state index contributed by atoms with van der Waals surface area (Å²) in [5, 5.41) is 0. The summed E-state index contributed by atoms with van der Waals surface area (Å²) in [6, 6.07) is 4.64. The first kappa shape index (κ1) is 25.1. The number of halogens is 1. The molecule has 0 amide bonds. The molecule has 0 saturated carbocycles. The van der Waals surface area contributed by atoms with Crippen LogP contribution in [0.2, 0.25) is 0 Å². The second-order valence-corrected chi connectivity index (χ2v) is 9.93. The Morgan fingerprint density at radius 3 is 2.42 bits per heavy atom. The lowest BCUT2D eigenvalue weighted by Crippen LogP contribution is -2.31. The van der Waals surface area contributed by atoms with E-state index in [4.69, 9.17) is 26.8 Å². The van der Waals surface area contributed by atoms with Crippen molar-refractivity contribution >= 4 is 34.6 Å². The highest BCUT2D eigenvalue weighted by Gasteiger charge is 2.25. The normalized spacial score (nSPS) is 13.3. The monoisotopic (exact) mass is 451 g/mol. The number of aryl methyl sites for hydroxylation is 1. The number of alkyl halides is 1. The minimum Gasteiger partial charge on any atom is -0.465 e. The number of nitrogens with zero attached hydrogens (tertiary/aromatic N) is 2. The number of esters is 2. The third-order valence-electron chi connectivity index (χ3n) is 4.61. The predicted octanol–water partition coefficient (Wildman–Crippen LogP) is 4.49. The van der Waals surface area contributed by atoms with Gasteiger partial charge in [0.25, 0.3) is 0 Å². The topological polar surface area (TPSA) is 96.4 Å². The van der Waals surface area contributed by atoms with Gasteiger partial charge in [-0.15, -0.1) is 11.6 Å². The third kappa shape index (κ3) is 6.94. The molecule has 1 aromatic heterocycles. The van der Waals surface area contributed by atoms with Crippen LogP contribution in [0, 0.1) is 5.41 Å². The Hall–Kier alpha value is -2.12. The van der Waals surface area contributed by atoms with Crippen molar-refractivity contribution in [3.05, 3.63) is 29.6 Å². The predicted molar refractivity (Wildman–Crippen MR) is 122 cm³/mol. The van der Waals surface area contributed by atoms with E-state index < -0.39 is 23.0 Å². The molecule has 0 saturated heterocycles. The Morgan fingerprint density at radius 1 is 1.16 bits per heavy atom. The number of nitrogens with two attached hydrogens (primary N) is 1. The van der Waals surface area contributed by atoms with Crippen LogP contribution < -0.4 is 5.73 Å². The SMILES string of the molecule is CC(C)(C)OC(=O)C(N)c1ccc2c(c1)nc(CCl)n2CCCCOC(=O)C(C)(C)C. The summed E-state index contributed by atoms with van der Waals surface area (Å²) >= 11 is 6.11. The summed E-state index contributed by atoms with van der Waals surface area (Å²) in [5.74, 6) is 0.331. The van der Waals surface area contributed by atoms with Crippen molar-refractivity contribution in [3.8, 4) is 0 Å². The molecular formula is C23H34ClN3O4. The number of unbranched alkanes of at least 4 members (excludes halogenated alkanes) is 1. The number of carbonyl (C=O) groups excluding carboxylic acids is 2. The van der Waals surface area contributed by atoms with E-state index in [-0.39, 0.29) is 11.8 Å². The van der Waals surface area contributed by atoms with Crippen molar-refractivity contribution in [2.45, 2.75) is 78.5 Å². The zero-order valence-corrected chi connectivity index (χ0v) is 20.1. The van der Waals surface area contributed by atoms with E-state index >= 15 is 0 Å². The summed E-state index contributed by atoms with van der Waals surface area (Å²) in [5.41, 5.74) is 7.29. The van der Waals surface area contributed by atoms with Gasteiger partial charge in [-0.3, -0.25) is 4.79 Å². The van der Waals surface area contributed by atoms with Gasteiger partial charge in [0, 0.05) is 6.54 Å². The van der Waals surface area contributed by atoms with E-state index in [1.54, 1.807) is 20.8 Å². The number of fused-ring (bicyclic) bond motifs is 1. The van der Waals surface area contributed by atoms with E-state index in [2.05, 4.69) is 9.55 Å². The molecule has 2 rings (SSSR count). The quantitative estimate of drug-likeness (QED) is 0.361. The minimum absolute atomic E-state index is 0.198. The Labute approximate surface area is 189 Å². The molecule has 0 aliphatic heterocycles. The van der Waals surface area contributed by atoms with Crippen LogP contribution in [0.5, 0.6) is 0 Å². The maximum atomic E-state index is 12.3. The van der Waals surface area contributed by atoms with Crippen molar-refractivity contribution in [1.29, 1.82) is 0 Å². The molecule has 8 heteroatoms. The molecule has 2 aromatic rings. The van der Waals surface area contributed by atoms with Crippen LogP contribution >= 0.6 is 11.6 Å². The summed E-state index contributed by atoms with van der Waals surface area (Å²) in [7, 11) is 0. The lowest BCUT2D eigenvalue weighted by molar-refractivity contribution is -0.156. The van der Waals surface area contributed by atoms with Crippen molar-refractivity contribution < 1.29 is 19.1 Å². The zero-order chi connectivity index (χ0) is 23.4. The average molecular weight is 452 g/mol. The number of imidazole rings is 1. The third-order valence-corrected chi connectivity index (χ3v) is 4.85. The lowest BCUT2D eigenvalue weighted by Gasteiger charge is -2.22. The van der Waals surface area contributed by atoms with E-state index in [0.717, 1.165) is 29.7 Å². The molecule has 1 unspecified atom stereocenters. The lowest BCUT2D eigenvalue weighted by atomic mass is 9.97. The second kappa shape index (κ2) is 10.0. The van der Waals surface area contributed by atoms with E-state index in [1.807, 2.05) is 39.0 Å². The molecule has 1 atom stereocenters. The Kier molecular flexibility index (Phi) is 8.11. The van der Waals surface area contributed by atoms with Gasteiger partial charge in [0.1, 0.15) is 17.5 Å². The zero-order valence-electron chi connectivity index (χ0n) is 19.3. The molecule has 2 N–H and O–H groups in total. The fourth-order valence-corrected chi connectivity index (χ4v) is 3.20. The van der Waals surface area contributed by atoms with Crippen LogP contribution in [0.3, 0.4) is 0 Å². The Morgan fingerprint density at radius 2 is 1.84 bits per heavy atom. The van der Waals surface area contributed by atoms with E-state index in [1.165, 1.54) is 0 Å². The maximum Gasteiger partial charge on any atom is 0.328 e. The molecule has 7 nitrogen and oxygen atoms in total. The summed E-state index contributed by atoms with van der Waals surface area (Å²) < 4.78 is 12.8. The van der Waals surface area contributed by atoms with Crippen LogP contribution in [-0.2, 0) is 31.5 Å². The van der Waals surface area contributed by atoms with Gasteiger partial charge in [0.05, 0.1) is 28.9 Å². The number of hydrogen-bond donors (Lipinski definition) is 1. The number of hydrogen-bond acceptors (Lipinski definition) is 6. The van der Waals surface area contributed by atoms with Crippen LogP contribution in [0.1, 0.15) is 71.8 Å². The molecule has 1 aromatic carbocycles. The van der Waals surface area contributed by atoms with Gasteiger partial charge in [0.2, 0.25) is 0 Å². The number of ether oxygens (including phenoxy) is 2. The highest BCUT2D eigenvalue weighted by Crippen LogP contribution is 2.24. The number of aromatic nitrogens is 2. The van der Waals surface area contributed by atoms with Crippen LogP contribution in [-0.4, -0.2) is 33.7 Å². The average Bonchev–Trinajstić information content (AvgIpc) is 3.01. The number of benzene rings is 1. The van der Waals surface area contributed by atoms with Gasteiger partial charge in [-0.25, -0.2) is 9.78 Å². The van der Waals surface area contributed by atoms with Crippen LogP contribution in [0.15, 0.2) is 18.2 Å². The summed E-state index contributed by atoms with van der Waals surface area (Å²) in [4.78, 5) is 28.8. The van der Waals surface area contributed by atoms with Crippen molar-refractivity contribution in [2.24, 2.45) is 11.1 Å². The Balaban J connectivity index is 2.07. The molecule has 0 aliphatic rings. The first-order chi connectivity index (χ1) is 14.3. The number of carbonyl (C=O) groups is 2. The largest absolute Gasteiger partial charge is 0.465 e. The van der Waals surface area contributed by atoms with Gasteiger partial charge in [-0.1, -0.05) is 6.07 Å². The molecule has 31 heavy (non-hydrogen) atoms. The van der Waals surface area contributed by atoms with Gasteiger partial charge in [0.15, 0.2) is 0 Å².